The summed E-state index contributed by atoms with van der Waals surface area (Å²) in [6, 6.07) is 1.68. The van der Waals surface area contributed by atoms with Crippen LogP contribution in [0.3, 0.4) is 0 Å². The van der Waals surface area contributed by atoms with Crippen LogP contribution in [0.2, 0.25) is 0 Å². The van der Waals surface area contributed by atoms with Gasteiger partial charge in [0.25, 0.3) is 0 Å². The van der Waals surface area contributed by atoms with Crippen LogP contribution in [0, 0.1) is 0 Å². The second-order valence-corrected chi connectivity index (χ2v) is 7.96. The fourth-order valence-electron chi connectivity index (χ4n) is 5.12. The number of hydrogen-bond donors (Lipinski definition) is 1. The molecule has 21 heavy (non-hydrogen) atoms. The zero-order valence-corrected chi connectivity index (χ0v) is 14.2. The molecule has 3 rings (SSSR count). The third-order valence-corrected chi connectivity index (χ3v) is 6.49. The van der Waals surface area contributed by atoms with Gasteiger partial charge in [0.1, 0.15) is 0 Å². The van der Waals surface area contributed by atoms with Gasteiger partial charge in [0.15, 0.2) is 0 Å². The van der Waals surface area contributed by atoms with E-state index in [-0.39, 0.29) is 0 Å². The summed E-state index contributed by atoms with van der Waals surface area (Å²) < 4.78 is 0. The maximum Gasteiger partial charge on any atom is 0.0309 e. The van der Waals surface area contributed by atoms with Crippen LogP contribution in [0.25, 0.3) is 0 Å². The van der Waals surface area contributed by atoms with E-state index in [1.54, 1.807) is 0 Å². The number of hydrogen-bond acceptors (Lipinski definition) is 2. The summed E-state index contributed by atoms with van der Waals surface area (Å²) in [5.41, 5.74) is 0.478. The molecule has 0 radical (unpaired) electrons. The van der Waals surface area contributed by atoms with Crippen molar-refractivity contribution >= 4 is 0 Å². The maximum absolute atomic E-state index is 3.99. The minimum absolute atomic E-state index is 0.478. The van der Waals surface area contributed by atoms with E-state index in [2.05, 4.69) is 17.1 Å². The van der Waals surface area contributed by atoms with Crippen molar-refractivity contribution in [1.82, 2.24) is 10.2 Å². The summed E-state index contributed by atoms with van der Waals surface area (Å²) in [7, 11) is 0. The van der Waals surface area contributed by atoms with Crippen LogP contribution < -0.4 is 5.32 Å². The van der Waals surface area contributed by atoms with E-state index in [0.29, 0.717) is 5.54 Å². The molecule has 0 aromatic carbocycles. The highest BCUT2D eigenvalue weighted by atomic mass is 15.3. The molecular weight excluding hydrogens is 256 g/mol. The quantitative estimate of drug-likeness (QED) is 0.807. The first-order valence-corrected chi connectivity index (χ1v) is 9.84. The van der Waals surface area contributed by atoms with Gasteiger partial charge in [0, 0.05) is 30.7 Å². The first-order valence-electron chi connectivity index (χ1n) is 9.84. The normalized spacial score (nSPS) is 32.7. The molecule has 0 aromatic heterocycles. The zero-order chi connectivity index (χ0) is 14.5. The Bertz CT molecular complexity index is 301. The van der Waals surface area contributed by atoms with E-state index in [1.165, 1.54) is 96.6 Å². The van der Waals surface area contributed by atoms with Gasteiger partial charge < -0.3 is 5.32 Å². The lowest BCUT2D eigenvalue weighted by atomic mass is 9.78. The number of rotatable bonds is 2. The molecule has 0 amide bonds. The average molecular weight is 293 g/mol. The van der Waals surface area contributed by atoms with Crippen LogP contribution in [0.5, 0.6) is 0 Å². The lowest BCUT2D eigenvalue weighted by Crippen LogP contribution is -2.66. The molecule has 3 aliphatic rings. The third-order valence-electron chi connectivity index (χ3n) is 6.49. The molecule has 1 unspecified atom stereocenters. The molecule has 1 saturated heterocycles. The predicted octanol–water partition coefficient (Wildman–Crippen LogP) is 4.49. The van der Waals surface area contributed by atoms with Crippen molar-refractivity contribution in [3.8, 4) is 0 Å². The number of piperazine rings is 1. The molecule has 2 saturated carbocycles. The van der Waals surface area contributed by atoms with Gasteiger partial charge in [-0.05, 0) is 32.1 Å². The van der Waals surface area contributed by atoms with Gasteiger partial charge in [0.2, 0.25) is 0 Å². The van der Waals surface area contributed by atoms with Gasteiger partial charge in [0.05, 0.1) is 0 Å². The summed E-state index contributed by atoms with van der Waals surface area (Å²) >= 11 is 0. The van der Waals surface area contributed by atoms with Crippen molar-refractivity contribution in [3.05, 3.63) is 0 Å². The monoisotopic (exact) mass is 292 g/mol. The fourth-order valence-corrected chi connectivity index (χ4v) is 5.12. The Balaban J connectivity index is 1.68. The summed E-state index contributed by atoms with van der Waals surface area (Å²) in [5.74, 6) is 0. The van der Waals surface area contributed by atoms with Crippen LogP contribution in [-0.4, -0.2) is 35.6 Å². The Morgan fingerprint density at radius 2 is 1.52 bits per heavy atom. The van der Waals surface area contributed by atoms with E-state index in [9.17, 15) is 0 Å². The van der Waals surface area contributed by atoms with Gasteiger partial charge in [-0.1, -0.05) is 58.3 Å². The summed E-state index contributed by atoms with van der Waals surface area (Å²) in [5, 5.41) is 3.99. The van der Waals surface area contributed by atoms with E-state index < -0.39 is 0 Å². The first kappa shape index (κ1) is 15.8. The van der Waals surface area contributed by atoms with Crippen molar-refractivity contribution in [2.24, 2.45) is 0 Å². The number of nitrogens with zero attached hydrogens (tertiary/aromatic N) is 1. The standard InChI is InChI=1S/C19H36N2/c1-2-17-15-20-19(13-9-6-10-14-19)16-21(17)18-11-7-4-3-5-8-12-18/h17-18,20H,2-16H2,1H3. The van der Waals surface area contributed by atoms with Crippen LogP contribution in [-0.2, 0) is 0 Å². The third kappa shape index (κ3) is 3.82. The molecule has 2 aliphatic carbocycles. The van der Waals surface area contributed by atoms with E-state index in [4.69, 9.17) is 0 Å². The average Bonchev–Trinajstić information content (AvgIpc) is 2.48. The molecule has 1 aliphatic heterocycles. The summed E-state index contributed by atoms with van der Waals surface area (Å²) in [6.07, 6.45) is 18.8. The van der Waals surface area contributed by atoms with Gasteiger partial charge in [-0.15, -0.1) is 0 Å². The smallest absolute Gasteiger partial charge is 0.0309 e. The minimum Gasteiger partial charge on any atom is -0.308 e. The lowest BCUT2D eigenvalue weighted by Gasteiger charge is -2.52. The SMILES string of the molecule is CCC1CNC2(CCCCC2)CN1C1CCCCCCC1. The van der Waals surface area contributed by atoms with E-state index >= 15 is 0 Å². The highest BCUT2D eigenvalue weighted by molar-refractivity contribution is 5.01. The van der Waals surface area contributed by atoms with Gasteiger partial charge in [-0.2, -0.15) is 0 Å². The lowest BCUT2D eigenvalue weighted by molar-refractivity contribution is 0.0142. The summed E-state index contributed by atoms with van der Waals surface area (Å²) in [6.45, 7) is 4.98. The van der Waals surface area contributed by atoms with E-state index in [0.717, 1.165) is 12.1 Å². The van der Waals surface area contributed by atoms with Crippen molar-refractivity contribution in [2.75, 3.05) is 13.1 Å². The minimum atomic E-state index is 0.478. The topological polar surface area (TPSA) is 15.3 Å². The Labute approximate surface area is 132 Å². The fraction of sp³-hybridized carbons (Fsp3) is 1.00. The molecule has 1 N–H and O–H groups in total. The molecule has 122 valence electrons. The van der Waals surface area contributed by atoms with Crippen molar-refractivity contribution in [2.45, 2.75) is 108 Å². The highest BCUT2D eigenvalue weighted by Gasteiger charge is 2.41. The molecule has 2 nitrogen and oxygen atoms in total. The van der Waals surface area contributed by atoms with Gasteiger partial charge >= 0.3 is 0 Å². The number of nitrogens with one attached hydrogen (secondary N) is 1. The second kappa shape index (κ2) is 7.46. The Morgan fingerprint density at radius 1 is 0.905 bits per heavy atom. The largest absolute Gasteiger partial charge is 0.308 e. The summed E-state index contributed by atoms with van der Waals surface area (Å²) in [4.78, 5) is 2.97. The van der Waals surface area contributed by atoms with Crippen molar-refractivity contribution < 1.29 is 0 Å². The molecule has 0 aromatic rings. The van der Waals surface area contributed by atoms with Gasteiger partial charge in [-0.25, -0.2) is 0 Å². The predicted molar refractivity (Wildman–Crippen MR) is 90.7 cm³/mol. The van der Waals surface area contributed by atoms with Crippen LogP contribution in [0.15, 0.2) is 0 Å². The zero-order valence-electron chi connectivity index (χ0n) is 14.2. The van der Waals surface area contributed by atoms with Crippen molar-refractivity contribution in [1.29, 1.82) is 0 Å². The second-order valence-electron chi connectivity index (χ2n) is 7.96. The van der Waals surface area contributed by atoms with Crippen LogP contribution in [0.1, 0.15) is 90.4 Å². The Hall–Kier alpha value is -0.0800. The van der Waals surface area contributed by atoms with E-state index in [1.807, 2.05) is 0 Å². The molecule has 1 heterocycles. The first-order chi connectivity index (χ1) is 10.3. The molecule has 3 fully saturated rings. The maximum atomic E-state index is 3.99. The molecule has 2 heteroatoms. The Kier molecular flexibility index (Phi) is 5.61. The molecule has 1 spiro atoms. The molecule has 1 atom stereocenters. The molecular formula is C19H36N2. The van der Waals surface area contributed by atoms with Crippen LogP contribution in [0.4, 0.5) is 0 Å². The highest BCUT2D eigenvalue weighted by Crippen LogP contribution is 2.35. The van der Waals surface area contributed by atoms with Gasteiger partial charge in [-0.3, -0.25) is 4.90 Å². The van der Waals surface area contributed by atoms with Crippen LogP contribution >= 0.6 is 0 Å². The molecule has 0 bridgehead atoms. The Morgan fingerprint density at radius 3 is 2.19 bits per heavy atom. The van der Waals surface area contributed by atoms with Crippen molar-refractivity contribution in [3.63, 3.8) is 0 Å².